The van der Waals surface area contributed by atoms with Crippen molar-refractivity contribution in [2.75, 3.05) is 13.1 Å². The third kappa shape index (κ3) is 4.72. The number of aromatic nitrogens is 3. The van der Waals surface area contributed by atoms with Gasteiger partial charge in [-0.05, 0) is 23.8 Å². The van der Waals surface area contributed by atoms with Crippen molar-refractivity contribution in [3.8, 4) is 6.07 Å². The van der Waals surface area contributed by atoms with Gasteiger partial charge in [-0.2, -0.15) is 5.26 Å². The van der Waals surface area contributed by atoms with Crippen LogP contribution in [-0.2, 0) is 11.8 Å². The van der Waals surface area contributed by atoms with Crippen LogP contribution in [0.4, 0.5) is 8.78 Å². The Morgan fingerprint density at radius 1 is 1.33 bits per heavy atom. The number of carbonyl (C=O) groups is 2. The second-order valence-corrected chi connectivity index (χ2v) is 7.81. The lowest BCUT2D eigenvalue weighted by molar-refractivity contribution is -0.131. The maximum atomic E-state index is 13.6. The molecule has 0 aliphatic carbocycles. The summed E-state index contributed by atoms with van der Waals surface area (Å²) in [6.45, 7) is -1.32. The van der Waals surface area contributed by atoms with Gasteiger partial charge in [0.25, 0.3) is 11.8 Å². The van der Waals surface area contributed by atoms with E-state index in [1.54, 1.807) is 18.5 Å². The molecule has 1 unspecified atom stereocenters. The van der Waals surface area contributed by atoms with Crippen molar-refractivity contribution in [1.29, 1.82) is 5.26 Å². The molecule has 1 aromatic carbocycles. The van der Waals surface area contributed by atoms with Crippen molar-refractivity contribution >= 4 is 35.0 Å². The Labute approximate surface area is 188 Å². The molecule has 1 aliphatic rings. The molecule has 2 amide bonds. The summed E-state index contributed by atoms with van der Waals surface area (Å²) in [5.74, 6) is -4.39. The molecule has 1 aliphatic heterocycles. The minimum Gasteiger partial charge on any atom is -0.343 e. The number of fused-ring (bicyclic) bond motifs is 1. The first-order valence-electron chi connectivity index (χ1n) is 10.2. The van der Waals surface area contributed by atoms with Gasteiger partial charge in [-0.1, -0.05) is 18.2 Å². The SMILES string of the molecule is Cn1cnc2cc(C=Cc3cnccc3C(=O)NCC(=O)N3CC(F)(F)CC3C#N)ccc21. The summed E-state index contributed by atoms with van der Waals surface area (Å²) < 4.78 is 29.1. The van der Waals surface area contributed by atoms with Crippen molar-refractivity contribution < 1.29 is 18.4 Å². The van der Waals surface area contributed by atoms with Crippen LogP contribution in [0.2, 0.25) is 0 Å². The average Bonchev–Trinajstić information content (AvgIpc) is 3.34. The summed E-state index contributed by atoms with van der Waals surface area (Å²) in [4.78, 5) is 34.2. The highest BCUT2D eigenvalue weighted by Gasteiger charge is 2.47. The number of nitriles is 1. The minimum atomic E-state index is -3.11. The Hall–Kier alpha value is -4.13. The minimum absolute atomic E-state index is 0.275. The summed E-state index contributed by atoms with van der Waals surface area (Å²) in [7, 11) is 1.91. The smallest absolute Gasteiger partial charge is 0.268 e. The Bertz CT molecular complexity index is 1290. The van der Waals surface area contributed by atoms with Crippen LogP contribution in [0.15, 0.2) is 43.0 Å². The van der Waals surface area contributed by atoms with Crippen LogP contribution in [-0.4, -0.2) is 56.3 Å². The first-order chi connectivity index (χ1) is 15.8. The predicted molar refractivity (Wildman–Crippen MR) is 117 cm³/mol. The van der Waals surface area contributed by atoms with E-state index in [1.807, 2.05) is 35.9 Å². The zero-order chi connectivity index (χ0) is 23.6. The molecule has 3 aromatic rings. The lowest BCUT2D eigenvalue weighted by atomic mass is 10.1. The summed E-state index contributed by atoms with van der Waals surface area (Å²) in [5, 5.41) is 11.5. The van der Waals surface area contributed by atoms with Crippen LogP contribution in [0.5, 0.6) is 0 Å². The third-order valence-corrected chi connectivity index (χ3v) is 5.44. The average molecular weight is 450 g/mol. The molecule has 0 spiro atoms. The molecule has 8 nitrogen and oxygen atoms in total. The first kappa shape index (κ1) is 22.1. The van der Waals surface area contributed by atoms with Gasteiger partial charge in [0.15, 0.2) is 0 Å². The van der Waals surface area contributed by atoms with Crippen molar-refractivity contribution in [2.45, 2.75) is 18.4 Å². The summed E-state index contributed by atoms with van der Waals surface area (Å²) >= 11 is 0. The number of carbonyl (C=O) groups excluding carboxylic acids is 2. The summed E-state index contributed by atoms with van der Waals surface area (Å²) in [6.07, 6.45) is 7.52. The molecule has 168 valence electrons. The Kier molecular flexibility index (Phi) is 5.87. The van der Waals surface area contributed by atoms with Gasteiger partial charge in [0.05, 0.1) is 36.5 Å². The number of imidazole rings is 1. The molecule has 1 atom stereocenters. The first-order valence-corrected chi connectivity index (χ1v) is 10.2. The maximum absolute atomic E-state index is 13.6. The molecular weight excluding hydrogens is 430 g/mol. The summed E-state index contributed by atoms with van der Waals surface area (Å²) in [6, 6.07) is 7.79. The van der Waals surface area contributed by atoms with E-state index < -0.39 is 43.3 Å². The molecule has 1 saturated heterocycles. The molecule has 0 radical (unpaired) electrons. The van der Waals surface area contributed by atoms with Crippen molar-refractivity contribution in [3.63, 3.8) is 0 Å². The van der Waals surface area contributed by atoms with E-state index in [0.717, 1.165) is 21.5 Å². The molecule has 2 aromatic heterocycles. The Balaban J connectivity index is 1.45. The van der Waals surface area contributed by atoms with Gasteiger partial charge in [0.2, 0.25) is 5.91 Å². The number of alkyl halides is 2. The lowest BCUT2D eigenvalue weighted by Gasteiger charge is -2.19. The fourth-order valence-electron chi connectivity index (χ4n) is 3.74. The molecule has 1 N–H and O–H groups in total. The van der Waals surface area contributed by atoms with Gasteiger partial charge in [-0.3, -0.25) is 14.6 Å². The molecule has 0 bridgehead atoms. The van der Waals surface area contributed by atoms with Crippen molar-refractivity contribution in [1.82, 2.24) is 24.8 Å². The van der Waals surface area contributed by atoms with Crippen molar-refractivity contribution in [3.05, 3.63) is 59.7 Å². The predicted octanol–water partition coefficient (Wildman–Crippen LogP) is 2.63. The fourth-order valence-corrected chi connectivity index (χ4v) is 3.74. The Morgan fingerprint density at radius 3 is 2.94 bits per heavy atom. The standard InChI is InChI=1S/C23H20F2N6O2/c1-30-14-29-19-8-15(3-5-20(19)30)2-4-16-11-27-7-6-18(16)22(33)28-12-21(32)31-13-23(24,25)9-17(31)10-26/h2-8,11,14,17H,9,12-13H2,1H3,(H,28,33). The molecule has 33 heavy (non-hydrogen) atoms. The number of aryl methyl sites for hydroxylation is 1. The number of hydrogen-bond acceptors (Lipinski definition) is 5. The van der Waals surface area contributed by atoms with Gasteiger partial charge < -0.3 is 14.8 Å². The van der Waals surface area contributed by atoms with Gasteiger partial charge >= 0.3 is 0 Å². The van der Waals surface area contributed by atoms with Crippen LogP contribution >= 0.6 is 0 Å². The third-order valence-electron chi connectivity index (χ3n) is 5.44. The zero-order valence-electron chi connectivity index (χ0n) is 17.7. The zero-order valence-corrected chi connectivity index (χ0v) is 17.7. The maximum Gasteiger partial charge on any atom is 0.268 e. The van der Waals surface area contributed by atoms with E-state index in [-0.39, 0.29) is 5.56 Å². The molecular formula is C23H20F2N6O2. The van der Waals surface area contributed by atoms with E-state index in [2.05, 4.69) is 15.3 Å². The van der Waals surface area contributed by atoms with Crippen LogP contribution < -0.4 is 5.32 Å². The second kappa shape index (κ2) is 8.78. The van der Waals surface area contributed by atoms with Gasteiger partial charge in [0, 0.05) is 37.0 Å². The number of rotatable bonds is 5. The topological polar surface area (TPSA) is 104 Å². The number of halogens is 2. The van der Waals surface area contributed by atoms with E-state index in [1.165, 1.54) is 18.5 Å². The van der Waals surface area contributed by atoms with Gasteiger partial charge in [-0.25, -0.2) is 13.8 Å². The van der Waals surface area contributed by atoms with E-state index in [9.17, 15) is 18.4 Å². The number of amides is 2. The normalized spacial score (nSPS) is 17.4. The quantitative estimate of drug-likeness (QED) is 0.644. The number of likely N-dealkylation sites (tertiary alicyclic amines) is 1. The van der Waals surface area contributed by atoms with E-state index in [0.29, 0.717) is 5.56 Å². The van der Waals surface area contributed by atoms with Crippen LogP contribution in [0, 0.1) is 11.3 Å². The molecule has 1 fully saturated rings. The number of nitrogens with zero attached hydrogens (tertiary/aromatic N) is 5. The molecule has 0 saturated carbocycles. The molecule has 3 heterocycles. The monoisotopic (exact) mass is 450 g/mol. The van der Waals surface area contributed by atoms with E-state index >= 15 is 0 Å². The highest BCUT2D eigenvalue weighted by atomic mass is 19.3. The van der Waals surface area contributed by atoms with Gasteiger partial charge in [-0.15, -0.1) is 0 Å². The van der Waals surface area contributed by atoms with Crippen LogP contribution in [0.1, 0.15) is 27.9 Å². The summed E-state index contributed by atoms with van der Waals surface area (Å²) in [5.41, 5.74) is 3.50. The molecule has 4 rings (SSSR count). The second-order valence-electron chi connectivity index (χ2n) is 7.81. The lowest BCUT2D eigenvalue weighted by Crippen LogP contribution is -2.43. The highest BCUT2D eigenvalue weighted by molar-refractivity contribution is 6.00. The molecule has 10 heteroatoms. The Morgan fingerprint density at radius 2 is 2.15 bits per heavy atom. The van der Waals surface area contributed by atoms with Crippen LogP contribution in [0.25, 0.3) is 23.2 Å². The number of hydrogen-bond donors (Lipinski definition) is 1. The van der Waals surface area contributed by atoms with E-state index in [4.69, 9.17) is 5.26 Å². The fraction of sp³-hybridized carbons (Fsp3) is 0.261. The highest BCUT2D eigenvalue weighted by Crippen LogP contribution is 2.31. The number of nitrogens with one attached hydrogen (secondary N) is 1. The largest absolute Gasteiger partial charge is 0.343 e. The number of pyridine rings is 1. The van der Waals surface area contributed by atoms with Crippen LogP contribution in [0.3, 0.4) is 0 Å². The number of benzene rings is 1. The van der Waals surface area contributed by atoms with Gasteiger partial charge in [0.1, 0.15) is 6.04 Å². The van der Waals surface area contributed by atoms with Crippen molar-refractivity contribution in [2.24, 2.45) is 7.05 Å².